The Kier molecular flexibility index (Phi) is 6.11. The van der Waals surface area contributed by atoms with Crippen LogP contribution in [0.4, 0.5) is 0 Å². The Morgan fingerprint density at radius 2 is 0.875 bits per heavy atom. The average molecular weight is 439 g/mol. The molecule has 3 nitrogen and oxygen atoms in total. The lowest BCUT2D eigenvalue weighted by atomic mass is 9.91. The monoisotopic (exact) mass is 438 g/mol. The summed E-state index contributed by atoms with van der Waals surface area (Å²) in [6.07, 6.45) is 22.6. The summed E-state index contributed by atoms with van der Waals surface area (Å²) in [5, 5.41) is 0. The minimum absolute atomic E-state index is 0.0611. The Balaban J connectivity index is 0.984. The van der Waals surface area contributed by atoms with Gasteiger partial charge in [0, 0.05) is 25.2 Å². The van der Waals surface area contributed by atoms with E-state index in [0.717, 1.165) is 92.9 Å². The van der Waals surface area contributed by atoms with Gasteiger partial charge in [-0.3, -0.25) is 0 Å². The molecule has 176 valence electrons. The van der Waals surface area contributed by atoms with Gasteiger partial charge in [-0.05, 0) is 91.8 Å². The molecule has 3 fully saturated rings. The van der Waals surface area contributed by atoms with Gasteiger partial charge in [0.2, 0.25) is 0 Å². The molecule has 3 heteroatoms. The number of ether oxygens (including phenoxy) is 3. The molecule has 6 rings (SSSR count). The average Bonchev–Trinajstić information content (AvgIpc) is 3.62. The summed E-state index contributed by atoms with van der Waals surface area (Å²) in [7, 11) is 0. The summed E-state index contributed by atoms with van der Waals surface area (Å²) >= 11 is 0. The van der Waals surface area contributed by atoms with Gasteiger partial charge in [-0.1, -0.05) is 43.4 Å². The molecular formula is C29H42O3. The second-order valence-electron chi connectivity index (χ2n) is 12.5. The van der Waals surface area contributed by atoms with E-state index in [-0.39, 0.29) is 5.41 Å². The van der Waals surface area contributed by atoms with Gasteiger partial charge in [0.05, 0.1) is 19.8 Å². The zero-order valence-electron chi connectivity index (χ0n) is 19.9. The normalized spacial score (nSPS) is 44.3. The SMILES string of the molecule is CC(COCC1CC2C=CC1C2)(COCC1CC2C=CC1C2)COCC1CC2C=CC1C2. The van der Waals surface area contributed by atoms with Crippen LogP contribution >= 0.6 is 0 Å². The maximum Gasteiger partial charge on any atom is 0.0564 e. The van der Waals surface area contributed by atoms with Crippen LogP contribution in [-0.4, -0.2) is 39.6 Å². The molecule has 0 N–H and O–H groups in total. The summed E-state index contributed by atoms with van der Waals surface area (Å²) in [6.45, 7) is 7.25. The van der Waals surface area contributed by atoms with Gasteiger partial charge in [0.25, 0.3) is 0 Å². The number of rotatable bonds is 12. The largest absolute Gasteiger partial charge is 0.380 e. The van der Waals surface area contributed by atoms with Crippen LogP contribution in [0.5, 0.6) is 0 Å². The Labute approximate surface area is 194 Å². The molecule has 0 aromatic rings. The van der Waals surface area contributed by atoms with Crippen LogP contribution < -0.4 is 0 Å². The van der Waals surface area contributed by atoms with Crippen molar-refractivity contribution in [2.75, 3.05) is 39.6 Å². The fourth-order valence-corrected chi connectivity index (χ4v) is 7.75. The third kappa shape index (κ3) is 4.55. The van der Waals surface area contributed by atoms with Crippen LogP contribution in [0.3, 0.4) is 0 Å². The Bertz CT molecular complexity index is 656. The Morgan fingerprint density at radius 1 is 0.531 bits per heavy atom. The van der Waals surface area contributed by atoms with E-state index in [2.05, 4.69) is 43.4 Å². The van der Waals surface area contributed by atoms with Crippen LogP contribution in [0.1, 0.15) is 45.4 Å². The predicted molar refractivity (Wildman–Crippen MR) is 127 cm³/mol. The third-order valence-electron chi connectivity index (χ3n) is 9.60. The molecule has 0 aromatic heterocycles. The molecule has 9 unspecified atom stereocenters. The van der Waals surface area contributed by atoms with Gasteiger partial charge >= 0.3 is 0 Å². The number of allylic oxidation sites excluding steroid dienone is 6. The van der Waals surface area contributed by atoms with Gasteiger partial charge in [-0.2, -0.15) is 0 Å². The van der Waals surface area contributed by atoms with Crippen molar-refractivity contribution in [1.29, 1.82) is 0 Å². The van der Waals surface area contributed by atoms with Crippen molar-refractivity contribution in [2.45, 2.75) is 45.4 Å². The van der Waals surface area contributed by atoms with Crippen molar-refractivity contribution < 1.29 is 14.2 Å². The van der Waals surface area contributed by atoms with Gasteiger partial charge < -0.3 is 14.2 Å². The summed E-state index contributed by atoms with van der Waals surface area (Å²) < 4.78 is 19.1. The topological polar surface area (TPSA) is 27.7 Å². The lowest BCUT2D eigenvalue weighted by Gasteiger charge is -2.32. The molecule has 6 aliphatic rings. The lowest BCUT2D eigenvalue weighted by molar-refractivity contribution is -0.0769. The van der Waals surface area contributed by atoms with Gasteiger partial charge in [0.1, 0.15) is 0 Å². The molecule has 3 saturated carbocycles. The minimum Gasteiger partial charge on any atom is -0.380 e. The minimum atomic E-state index is -0.0611. The number of hydrogen-bond acceptors (Lipinski definition) is 3. The van der Waals surface area contributed by atoms with Crippen LogP contribution in [0.15, 0.2) is 36.5 Å². The predicted octanol–water partition coefficient (Wildman–Crippen LogP) is 5.68. The first-order valence-electron chi connectivity index (χ1n) is 13.4. The van der Waals surface area contributed by atoms with Crippen LogP contribution in [0.25, 0.3) is 0 Å². The van der Waals surface area contributed by atoms with Crippen molar-refractivity contribution in [3.63, 3.8) is 0 Å². The van der Waals surface area contributed by atoms with Crippen molar-refractivity contribution in [1.82, 2.24) is 0 Å². The number of fused-ring (bicyclic) bond motifs is 6. The van der Waals surface area contributed by atoms with Gasteiger partial charge in [-0.15, -0.1) is 0 Å². The quantitative estimate of drug-likeness (QED) is 0.367. The van der Waals surface area contributed by atoms with Crippen molar-refractivity contribution in [3.05, 3.63) is 36.5 Å². The van der Waals surface area contributed by atoms with E-state index in [1.165, 1.54) is 38.5 Å². The Hall–Kier alpha value is -0.900. The summed E-state index contributed by atoms with van der Waals surface area (Å²) in [5.74, 6) is 6.89. The van der Waals surface area contributed by atoms with Crippen molar-refractivity contribution >= 4 is 0 Å². The molecule has 0 heterocycles. The molecule has 0 radical (unpaired) electrons. The molecule has 0 aromatic carbocycles. The fraction of sp³-hybridized carbons (Fsp3) is 0.793. The van der Waals surface area contributed by atoms with Crippen molar-refractivity contribution in [3.8, 4) is 0 Å². The first-order chi connectivity index (χ1) is 15.6. The maximum atomic E-state index is 6.36. The molecule has 9 atom stereocenters. The molecule has 6 bridgehead atoms. The highest BCUT2D eigenvalue weighted by molar-refractivity contribution is 5.11. The molecular weight excluding hydrogens is 396 g/mol. The highest BCUT2D eigenvalue weighted by Crippen LogP contribution is 2.45. The van der Waals surface area contributed by atoms with E-state index in [1.807, 2.05) is 0 Å². The molecule has 6 aliphatic carbocycles. The van der Waals surface area contributed by atoms with Gasteiger partial charge in [0.15, 0.2) is 0 Å². The summed E-state index contributed by atoms with van der Waals surface area (Å²) in [4.78, 5) is 0. The molecule has 32 heavy (non-hydrogen) atoms. The second kappa shape index (κ2) is 9.04. The second-order valence-corrected chi connectivity index (χ2v) is 12.5. The van der Waals surface area contributed by atoms with E-state index >= 15 is 0 Å². The smallest absolute Gasteiger partial charge is 0.0564 e. The summed E-state index contributed by atoms with van der Waals surface area (Å²) in [5.41, 5.74) is -0.0611. The van der Waals surface area contributed by atoms with Crippen LogP contribution in [-0.2, 0) is 14.2 Å². The highest BCUT2D eigenvalue weighted by Gasteiger charge is 2.39. The standard InChI is InChI=1S/C29H42O3/c1-29(17-30-14-26-11-20-2-5-23(26)8-20,18-31-15-27-12-21-3-6-24(27)9-21)19-32-16-28-13-22-4-7-25(28)10-22/h2-7,20-28H,8-19H2,1H3. The van der Waals surface area contributed by atoms with Crippen molar-refractivity contribution in [2.24, 2.45) is 58.7 Å². The maximum absolute atomic E-state index is 6.36. The van der Waals surface area contributed by atoms with E-state index in [1.54, 1.807) is 0 Å². The first-order valence-corrected chi connectivity index (χ1v) is 13.4. The van der Waals surface area contributed by atoms with Gasteiger partial charge in [-0.25, -0.2) is 0 Å². The lowest BCUT2D eigenvalue weighted by Crippen LogP contribution is -2.36. The zero-order chi connectivity index (χ0) is 21.5. The molecule has 0 saturated heterocycles. The van der Waals surface area contributed by atoms with Crippen LogP contribution in [0, 0.1) is 58.7 Å². The van der Waals surface area contributed by atoms with E-state index in [9.17, 15) is 0 Å². The first kappa shape index (κ1) is 21.6. The van der Waals surface area contributed by atoms with Crippen LogP contribution in [0.2, 0.25) is 0 Å². The zero-order valence-corrected chi connectivity index (χ0v) is 19.9. The Morgan fingerprint density at radius 3 is 1.12 bits per heavy atom. The van der Waals surface area contributed by atoms with E-state index in [0.29, 0.717) is 0 Å². The highest BCUT2D eigenvalue weighted by atomic mass is 16.5. The molecule has 0 aliphatic heterocycles. The summed E-state index contributed by atoms with van der Waals surface area (Å²) in [6, 6.07) is 0. The third-order valence-corrected chi connectivity index (χ3v) is 9.60. The van der Waals surface area contributed by atoms with E-state index in [4.69, 9.17) is 14.2 Å². The van der Waals surface area contributed by atoms with E-state index < -0.39 is 0 Å². The number of hydrogen-bond donors (Lipinski definition) is 0. The molecule has 0 spiro atoms. The molecule has 0 amide bonds. The fourth-order valence-electron chi connectivity index (χ4n) is 7.75.